The van der Waals surface area contributed by atoms with Crippen LogP contribution in [0.4, 0.5) is 10.1 Å². The molecule has 0 aliphatic rings. The maximum atomic E-state index is 13.1. The van der Waals surface area contributed by atoms with Gasteiger partial charge in [0.1, 0.15) is 10.7 Å². The van der Waals surface area contributed by atoms with E-state index in [4.69, 9.17) is 5.11 Å². The van der Waals surface area contributed by atoms with Gasteiger partial charge in [-0.1, -0.05) is 0 Å². The Morgan fingerprint density at radius 2 is 2.11 bits per heavy atom. The lowest BCUT2D eigenvalue weighted by molar-refractivity contribution is 0.0702. The third kappa shape index (κ3) is 3.12. The van der Waals surface area contributed by atoms with Gasteiger partial charge in [0.05, 0.1) is 0 Å². The normalized spacial score (nSPS) is 10.5. The zero-order valence-corrected chi connectivity index (χ0v) is 11.5. The number of hydrogen-bond donors (Lipinski definition) is 2. The largest absolute Gasteiger partial charge is 0.477 e. The first-order valence-electron chi connectivity index (χ1n) is 5.80. The molecule has 0 amide bonds. The fourth-order valence-corrected chi connectivity index (χ4v) is 2.63. The van der Waals surface area contributed by atoms with Crippen LogP contribution in [0.5, 0.6) is 0 Å². The average molecular weight is 279 g/mol. The summed E-state index contributed by atoms with van der Waals surface area (Å²) in [6.45, 7) is 4.13. The number of aromatic carboxylic acids is 1. The first-order valence-corrected chi connectivity index (χ1v) is 6.61. The van der Waals surface area contributed by atoms with Crippen LogP contribution in [0.25, 0.3) is 0 Å². The molecule has 100 valence electrons. The fraction of sp³-hybridized carbons (Fsp3) is 0.214. The highest BCUT2D eigenvalue weighted by Crippen LogP contribution is 2.23. The van der Waals surface area contributed by atoms with Crippen LogP contribution in [-0.2, 0) is 6.54 Å². The molecule has 0 aliphatic heterocycles. The van der Waals surface area contributed by atoms with Gasteiger partial charge in [0, 0.05) is 17.1 Å². The van der Waals surface area contributed by atoms with E-state index in [1.807, 2.05) is 6.92 Å². The summed E-state index contributed by atoms with van der Waals surface area (Å²) in [7, 11) is 0. The first-order chi connectivity index (χ1) is 8.97. The van der Waals surface area contributed by atoms with Crippen LogP contribution in [-0.4, -0.2) is 11.1 Å². The smallest absolute Gasteiger partial charge is 0.345 e. The van der Waals surface area contributed by atoms with Crippen LogP contribution in [0.3, 0.4) is 0 Å². The molecular formula is C14H14FNO2S. The molecule has 3 nitrogen and oxygen atoms in total. The van der Waals surface area contributed by atoms with Crippen molar-refractivity contribution in [3.05, 3.63) is 51.0 Å². The van der Waals surface area contributed by atoms with Gasteiger partial charge >= 0.3 is 5.97 Å². The van der Waals surface area contributed by atoms with Crippen molar-refractivity contribution in [1.29, 1.82) is 0 Å². The molecule has 0 spiro atoms. The van der Waals surface area contributed by atoms with Crippen molar-refractivity contribution in [3.63, 3.8) is 0 Å². The Balaban J connectivity index is 2.09. The fourth-order valence-electron chi connectivity index (χ4n) is 1.75. The summed E-state index contributed by atoms with van der Waals surface area (Å²) in [6, 6.07) is 6.49. The van der Waals surface area contributed by atoms with Crippen molar-refractivity contribution in [2.75, 3.05) is 5.32 Å². The molecule has 0 aliphatic carbocycles. The standard InChI is InChI=1S/C14H14FNO2S/c1-8-5-11(3-4-12(8)15)16-7-10-6-13(14(17)18)19-9(10)2/h3-6,16H,7H2,1-2H3,(H,17,18). The van der Waals surface area contributed by atoms with Gasteiger partial charge in [-0.3, -0.25) is 0 Å². The third-order valence-electron chi connectivity index (χ3n) is 2.87. The van der Waals surface area contributed by atoms with Gasteiger partial charge in [-0.25, -0.2) is 9.18 Å². The average Bonchev–Trinajstić information content (AvgIpc) is 2.73. The van der Waals surface area contributed by atoms with E-state index in [0.717, 1.165) is 16.1 Å². The highest BCUT2D eigenvalue weighted by atomic mass is 32.1. The summed E-state index contributed by atoms with van der Waals surface area (Å²) in [4.78, 5) is 12.2. The van der Waals surface area contributed by atoms with Gasteiger partial charge in [-0.15, -0.1) is 11.3 Å². The number of carboxylic acids is 1. The van der Waals surface area contributed by atoms with Crippen LogP contribution >= 0.6 is 11.3 Å². The van der Waals surface area contributed by atoms with Gasteiger partial charge in [-0.05, 0) is 49.2 Å². The first kappa shape index (κ1) is 13.5. The molecule has 1 heterocycles. The molecule has 0 fully saturated rings. The number of thiophene rings is 1. The number of benzene rings is 1. The molecule has 19 heavy (non-hydrogen) atoms. The Kier molecular flexibility index (Phi) is 3.85. The molecular weight excluding hydrogens is 265 g/mol. The summed E-state index contributed by atoms with van der Waals surface area (Å²) in [5, 5.41) is 12.1. The second-order valence-corrected chi connectivity index (χ2v) is 5.57. The molecule has 0 bridgehead atoms. The summed E-state index contributed by atoms with van der Waals surface area (Å²) >= 11 is 1.26. The van der Waals surface area contributed by atoms with Gasteiger partial charge in [0.15, 0.2) is 0 Å². The van der Waals surface area contributed by atoms with Crippen LogP contribution in [0, 0.1) is 19.7 Å². The van der Waals surface area contributed by atoms with E-state index >= 15 is 0 Å². The lowest BCUT2D eigenvalue weighted by Crippen LogP contribution is -2.00. The van der Waals surface area contributed by atoms with Crippen LogP contribution in [0.1, 0.15) is 25.7 Å². The maximum Gasteiger partial charge on any atom is 0.345 e. The molecule has 0 saturated carbocycles. The van der Waals surface area contributed by atoms with E-state index in [2.05, 4.69) is 5.32 Å². The van der Waals surface area contributed by atoms with Crippen molar-refractivity contribution in [3.8, 4) is 0 Å². The minimum atomic E-state index is -0.906. The monoisotopic (exact) mass is 279 g/mol. The molecule has 0 radical (unpaired) electrons. The predicted octanol–water partition coefficient (Wildman–Crippen LogP) is 3.81. The minimum absolute atomic E-state index is 0.231. The van der Waals surface area contributed by atoms with Crippen LogP contribution < -0.4 is 5.32 Å². The van der Waals surface area contributed by atoms with Gasteiger partial charge in [0.25, 0.3) is 0 Å². The highest BCUT2D eigenvalue weighted by molar-refractivity contribution is 7.14. The van der Waals surface area contributed by atoms with E-state index in [0.29, 0.717) is 17.0 Å². The molecule has 2 rings (SSSR count). The predicted molar refractivity (Wildman–Crippen MR) is 74.5 cm³/mol. The molecule has 1 aromatic carbocycles. The number of rotatable bonds is 4. The summed E-state index contributed by atoms with van der Waals surface area (Å²) in [5.74, 6) is -1.14. The van der Waals surface area contributed by atoms with E-state index in [1.54, 1.807) is 25.1 Å². The number of aryl methyl sites for hydroxylation is 2. The summed E-state index contributed by atoms with van der Waals surface area (Å²) < 4.78 is 13.1. The Labute approximate surface area is 114 Å². The Hall–Kier alpha value is -1.88. The van der Waals surface area contributed by atoms with E-state index in [-0.39, 0.29) is 5.82 Å². The second-order valence-electron chi connectivity index (χ2n) is 4.31. The highest BCUT2D eigenvalue weighted by Gasteiger charge is 2.10. The van der Waals surface area contributed by atoms with Crippen LogP contribution in [0.15, 0.2) is 24.3 Å². The van der Waals surface area contributed by atoms with Crippen molar-refractivity contribution in [2.24, 2.45) is 0 Å². The van der Waals surface area contributed by atoms with E-state index in [9.17, 15) is 9.18 Å². The molecule has 0 saturated heterocycles. The number of nitrogens with one attached hydrogen (secondary N) is 1. The zero-order chi connectivity index (χ0) is 14.0. The Bertz CT molecular complexity index is 622. The SMILES string of the molecule is Cc1cc(NCc2cc(C(=O)O)sc2C)ccc1F. The zero-order valence-electron chi connectivity index (χ0n) is 10.7. The van der Waals surface area contributed by atoms with Crippen molar-refractivity contribution in [1.82, 2.24) is 0 Å². The lowest BCUT2D eigenvalue weighted by atomic mass is 10.2. The molecule has 0 atom stereocenters. The topological polar surface area (TPSA) is 49.3 Å². The molecule has 1 aromatic heterocycles. The molecule has 2 aromatic rings. The van der Waals surface area contributed by atoms with Crippen LogP contribution in [0.2, 0.25) is 0 Å². The quantitative estimate of drug-likeness (QED) is 0.894. The summed E-state index contributed by atoms with van der Waals surface area (Å²) in [6.07, 6.45) is 0. The summed E-state index contributed by atoms with van der Waals surface area (Å²) in [5.41, 5.74) is 2.35. The van der Waals surface area contributed by atoms with Crippen molar-refractivity contribution >= 4 is 23.0 Å². The van der Waals surface area contributed by atoms with Crippen molar-refractivity contribution in [2.45, 2.75) is 20.4 Å². The third-order valence-corrected chi connectivity index (χ3v) is 3.95. The van der Waals surface area contributed by atoms with E-state index in [1.165, 1.54) is 17.4 Å². The van der Waals surface area contributed by atoms with E-state index < -0.39 is 5.97 Å². The number of carbonyl (C=O) groups is 1. The second kappa shape index (κ2) is 5.40. The molecule has 5 heteroatoms. The van der Waals surface area contributed by atoms with Crippen molar-refractivity contribution < 1.29 is 14.3 Å². The minimum Gasteiger partial charge on any atom is -0.477 e. The number of carboxylic acid groups (broad SMARTS) is 1. The molecule has 2 N–H and O–H groups in total. The number of hydrogen-bond acceptors (Lipinski definition) is 3. The maximum absolute atomic E-state index is 13.1. The Morgan fingerprint density at radius 3 is 2.68 bits per heavy atom. The number of halogens is 1. The molecule has 0 unspecified atom stereocenters. The van der Waals surface area contributed by atoms with Gasteiger partial charge in [-0.2, -0.15) is 0 Å². The number of anilines is 1. The van der Waals surface area contributed by atoms with Gasteiger partial charge in [0.2, 0.25) is 0 Å². The lowest BCUT2D eigenvalue weighted by Gasteiger charge is -2.07. The Morgan fingerprint density at radius 1 is 1.37 bits per heavy atom. The van der Waals surface area contributed by atoms with Gasteiger partial charge < -0.3 is 10.4 Å².